The highest BCUT2D eigenvalue weighted by atomic mass is 32.1. The molecule has 0 aliphatic rings. The molecular formula is C18H24N2O2S. The first-order chi connectivity index (χ1) is 11.0. The maximum Gasteiger partial charge on any atom is 0.237 e. The number of methoxy groups -OCH3 is 1. The van der Waals surface area contributed by atoms with Gasteiger partial charge < -0.3 is 10.1 Å². The SMILES string of the molecule is COc1ccc(C)cc1CN(C)C(C)C(=O)NCc1cccs1. The molecule has 1 aromatic carbocycles. The summed E-state index contributed by atoms with van der Waals surface area (Å²) in [6.45, 7) is 5.23. The van der Waals surface area contributed by atoms with Crippen LogP contribution in [-0.2, 0) is 17.9 Å². The summed E-state index contributed by atoms with van der Waals surface area (Å²) in [5, 5.41) is 5.00. The van der Waals surface area contributed by atoms with Crippen molar-refractivity contribution in [2.75, 3.05) is 14.2 Å². The van der Waals surface area contributed by atoms with E-state index < -0.39 is 0 Å². The summed E-state index contributed by atoms with van der Waals surface area (Å²) in [6.07, 6.45) is 0. The Bertz CT molecular complexity index is 640. The zero-order chi connectivity index (χ0) is 16.8. The number of thiophene rings is 1. The molecule has 5 heteroatoms. The van der Waals surface area contributed by atoms with Gasteiger partial charge in [-0.05, 0) is 38.4 Å². The lowest BCUT2D eigenvalue weighted by Crippen LogP contribution is -2.42. The van der Waals surface area contributed by atoms with Crippen LogP contribution in [0, 0.1) is 6.92 Å². The van der Waals surface area contributed by atoms with Crippen molar-refractivity contribution in [2.45, 2.75) is 33.0 Å². The van der Waals surface area contributed by atoms with Gasteiger partial charge in [-0.1, -0.05) is 23.8 Å². The molecule has 0 saturated carbocycles. The molecule has 4 nitrogen and oxygen atoms in total. The van der Waals surface area contributed by atoms with Crippen LogP contribution >= 0.6 is 11.3 Å². The van der Waals surface area contributed by atoms with Gasteiger partial charge in [-0.3, -0.25) is 9.69 Å². The number of nitrogens with one attached hydrogen (secondary N) is 1. The van der Waals surface area contributed by atoms with Crippen molar-refractivity contribution >= 4 is 17.2 Å². The Morgan fingerprint density at radius 3 is 2.83 bits per heavy atom. The van der Waals surface area contributed by atoms with Crippen molar-refractivity contribution < 1.29 is 9.53 Å². The zero-order valence-electron chi connectivity index (χ0n) is 14.1. The quantitative estimate of drug-likeness (QED) is 0.846. The Kier molecular flexibility index (Phi) is 6.19. The number of hydrogen-bond acceptors (Lipinski definition) is 4. The summed E-state index contributed by atoms with van der Waals surface area (Å²) in [6, 6.07) is 9.91. The van der Waals surface area contributed by atoms with Crippen LogP contribution in [0.5, 0.6) is 5.75 Å². The molecule has 1 atom stereocenters. The van der Waals surface area contributed by atoms with Crippen LogP contribution in [0.4, 0.5) is 0 Å². The van der Waals surface area contributed by atoms with Gasteiger partial charge in [-0.15, -0.1) is 11.3 Å². The molecule has 0 radical (unpaired) electrons. The number of likely N-dealkylation sites (N-methyl/N-ethyl adjacent to an activating group) is 1. The van der Waals surface area contributed by atoms with Gasteiger partial charge in [0.2, 0.25) is 5.91 Å². The standard InChI is InChI=1S/C18H24N2O2S/c1-13-7-8-17(22-4)15(10-13)12-20(3)14(2)18(21)19-11-16-6-5-9-23-16/h5-10,14H,11-12H2,1-4H3,(H,19,21). The molecule has 2 aromatic rings. The van der Waals surface area contributed by atoms with Crippen molar-refractivity contribution in [2.24, 2.45) is 0 Å². The van der Waals surface area contributed by atoms with E-state index in [0.29, 0.717) is 13.1 Å². The van der Waals surface area contributed by atoms with Gasteiger partial charge in [0.1, 0.15) is 5.75 Å². The Morgan fingerprint density at radius 2 is 2.17 bits per heavy atom. The minimum atomic E-state index is -0.208. The minimum Gasteiger partial charge on any atom is -0.496 e. The van der Waals surface area contributed by atoms with Gasteiger partial charge in [0.15, 0.2) is 0 Å². The van der Waals surface area contributed by atoms with Crippen molar-refractivity contribution in [3.8, 4) is 5.75 Å². The van der Waals surface area contributed by atoms with E-state index in [0.717, 1.165) is 16.2 Å². The second kappa shape index (κ2) is 8.13. The molecule has 1 amide bonds. The van der Waals surface area contributed by atoms with E-state index in [2.05, 4.69) is 18.3 Å². The number of carbonyl (C=O) groups excluding carboxylic acids is 1. The summed E-state index contributed by atoms with van der Waals surface area (Å²) in [7, 11) is 3.63. The number of benzene rings is 1. The van der Waals surface area contributed by atoms with Crippen LogP contribution in [0.1, 0.15) is 22.9 Å². The molecule has 1 unspecified atom stereocenters. The number of hydrogen-bond donors (Lipinski definition) is 1. The van der Waals surface area contributed by atoms with E-state index >= 15 is 0 Å². The maximum absolute atomic E-state index is 12.3. The maximum atomic E-state index is 12.3. The normalized spacial score (nSPS) is 12.2. The zero-order valence-corrected chi connectivity index (χ0v) is 14.9. The third-order valence-electron chi connectivity index (χ3n) is 3.91. The number of ether oxygens (including phenoxy) is 1. The van der Waals surface area contributed by atoms with Crippen molar-refractivity contribution in [3.05, 3.63) is 51.7 Å². The number of nitrogens with zero attached hydrogens (tertiary/aromatic N) is 1. The van der Waals surface area contributed by atoms with E-state index in [1.165, 1.54) is 5.56 Å². The first kappa shape index (κ1) is 17.5. The first-order valence-corrected chi connectivity index (χ1v) is 8.53. The number of rotatable bonds is 7. The van der Waals surface area contributed by atoms with Crippen LogP contribution in [0.25, 0.3) is 0 Å². The van der Waals surface area contributed by atoms with Crippen molar-refractivity contribution in [3.63, 3.8) is 0 Å². The molecule has 1 N–H and O–H groups in total. The topological polar surface area (TPSA) is 41.6 Å². The van der Waals surface area contributed by atoms with Gasteiger partial charge in [0.25, 0.3) is 0 Å². The van der Waals surface area contributed by atoms with Crippen LogP contribution in [-0.4, -0.2) is 31.0 Å². The highest BCUT2D eigenvalue weighted by Crippen LogP contribution is 2.21. The molecule has 1 heterocycles. The van der Waals surface area contributed by atoms with Crippen LogP contribution in [0.15, 0.2) is 35.7 Å². The van der Waals surface area contributed by atoms with E-state index in [1.807, 2.05) is 48.5 Å². The molecule has 0 saturated heterocycles. The van der Waals surface area contributed by atoms with E-state index in [4.69, 9.17) is 4.74 Å². The predicted octanol–water partition coefficient (Wildman–Crippen LogP) is 3.20. The summed E-state index contributed by atoms with van der Waals surface area (Å²) >= 11 is 1.65. The largest absolute Gasteiger partial charge is 0.496 e. The predicted molar refractivity (Wildman–Crippen MR) is 94.8 cm³/mol. The fraction of sp³-hybridized carbons (Fsp3) is 0.389. The van der Waals surface area contributed by atoms with Crippen LogP contribution < -0.4 is 10.1 Å². The molecule has 124 valence electrons. The molecule has 23 heavy (non-hydrogen) atoms. The molecule has 0 fully saturated rings. The van der Waals surface area contributed by atoms with Gasteiger partial charge in [-0.2, -0.15) is 0 Å². The highest BCUT2D eigenvalue weighted by molar-refractivity contribution is 7.09. The van der Waals surface area contributed by atoms with E-state index in [-0.39, 0.29) is 11.9 Å². The molecule has 0 aliphatic heterocycles. The number of carbonyl (C=O) groups is 1. The molecule has 0 spiro atoms. The Hall–Kier alpha value is -1.85. The Balaban J connectivity index is 1.95. The molecule has 1 aromatic heterocycles. The molecule has 0 aliphatic carbocycles. The van der Waals surface area contributed by atoms with E-state index in [1.54, 1.807) is 18.4 Å². The lowest BCUT2D eigenvalue weighted by atomic mass is 10.1. The van der Waals surface area contributed by atoms with Crippen LogP contribution in [0.3, 0.4) is 0 Å². The van der Waals surface area contributed by atoms with Gasteiger partial charge >= 0.3 is 0 Å². The average molecular weight is 332 g/mol. The van der Waals surface area contributed by atoms with E-state index in [9.17, 15) is 4.79 Å². The van der Waals surface area contributed by atoms with Crippen molar-refractivity contribution in [1.82, 2.24) is 10.2 Å². The average Bonchev–Trinajstić information content (AvgIpc) is 3.05. The highest BCUT2D eigenvalue weighted by Gasteiger charge is 2.19. The van der Waals surface area contributed by atoms with Gasteiger partial charge in [0, 0.05) is 17.0 Å². The second-order valence-corrected chi connectivity index (χ2v) is 6.74. The molecule has 2 rings (SSSR count). The van der Waals surface area contributed by atoms with Gasteiger partial charge in [-0.25, -0.2) is 0 Å². The summed E-state index contributed by atoms with van der Waals surface area (Å²) in [5.41, 5.74) is 2.27. The van der Waals surface area contributed by atoms with Crippen molar-refractivity contribution in [1.29, 1.82) is 0 Å². The third-order valence-corrected chi connectivity index (χ3v) is 4.79. The lowest BCUT2D eigenvalue weighted by Gasteiger charge is -2.24. The fourth-order valence-electron chi connectivity index (χ4n) is 2.37. The Labute approximate surface area is 142 Å². The summed E-state index contributed by atoms with van der Waals surface area (Å²) in [5.74, 6) is 0.890. The number of aryl methyl sites for hydroxylation is 1. The monoisotopic (exact) mass is 332 g/mol. The first-order valence-electron chi connectivity index (χ1n) is 7.65. The summed E-state index contributed by atoms with van der Waals surface area (Å²) < 4.78 is 5.41. The second-order valence-electron chi connectivity index (χ2n) is 5.70. The third kappa shape index (κ3) is 4.81. The summed E-state index contributed by atoms with van der Waals surface area (Å²) in [4.78, 5) is 15.5. The lowest BCUT2D eigenvalue weighted by molar-refractivity contribution is -0.125. The van der Waals surface area contributed by atoms with Crippen LogP contribution in [0.2, 0.25) is 0 Å². The molecule has 0 bridgehead atoms. The number of amides is 1. The smallest absolute Gasteiger partial charge is 0.237 e. The molecular weight excluding hydrogens is 308 g/mol. The minimum absolute atomic E-state index is 0.0347. The fourth-order valence-corrected chi connectivity index (χ4v) is 3.02. The van der Waals surface area contributed by atoms with Gasteiger partial charge in [0.05, 0.1) is 19.7 Å². The Morgan fingerprint density at radius 1 is 1.39 bits per heavy atom.